The van der Waals surface area contributed by atoms with Gasteiger partial charge in [-0.3, -0.25) is 14.4 Å². The van der Waals surface area contributed by atoms with E-state index in [0.29, 0.717) is 17.2 Å². The molecule has 2 heterocycles. The van der Waals surface area contributed by atoms with E-state index in [2.05, 4.69) is 16.4 Å². The first-order chi connectivity index (χ1) is 16.5. The van der Waals surface area contributed by atoms with Gasteiger partial charge in [0.15, 0.2) is 5.13 Å². The van der Waals surface area contributed by atoms with Crippen molar-refractivity contribution in [1.82, 2.24) is 4.98 Å². The lowest BCUT2D eigenvalue weighted by molar-refractivity contribution is 0.102. The molecule has 1 aliphatic heterocycles. The number of para-hydroxylation sites is 1. The summed E-state index contributed by atoms with van der Waals surface area (Å²) >= 11 is 1.48. The van der Waals surface area contributed by atoms with Crippen LogP contribution in [0.15, 0.2) is 77.7 Å². The first kappa shape index (κ1) is 21.1. The Kier molecular flexibility index (Phi) is 5.00. The third kappa shape index (κ3) is 3.50. The highest BCUT2D eigenvalue weighted by atomic mass is 32.2. The van der Waals surface area contributed by atoms with Gasteiger partial charge in [-0.05, 0) is 54.3 Å². The van der Waals surface area contributed by atoms with Crippen LogP contribution in [0.5, 0.6) is 0 Å². The minimum Gasteiger partial charge on any atom is -0.298 e. The maximum absolute atomic E-state index is 13.3. The highest BCUT2D eigenvalue weighted by molar-refractivity contribution is 7.92. The average Bonchev–Trinajstić information content (AvgIpc) is 3.41. The number of nitrogens with one attached hydrogen (secondary N) is 1. The molecule has 1 aliphatic carbocycles. The van der Waals surface area contributed by atoms with Crippen LogP contribution >= 0.6 is 11.3 Å². The Morgan fingerprint density at radius 3 is 2.50 bits per heavy atom. The van der Waals surface area contributed by atoms with Crippen LogP contribution in [0.1, 0.15) is 32.8 Å². The van der Waals surface area contributed by atoms with Gasteiger partial charge in [-0.15, -0.1) is 11.3 Å². The molecule has 6 rings (SSSR count). The molecule has 0 fully saturated rings. The number of carbonyl (C=O) groups is 1. The van der Waals surface area contributed by atoms with Crippen molar-refractivity contribution in [2.45, 2.75) is 24.2 Å². The second kappa shape index (κ2) is 8.07. The normalized spacial score (nSPS) is 14.3. The van der Waals surface area contributed by atoms with Crippen molar-refractivity contribution in [3.05, 3.63) is 94.4 Å². The molecule has 0 saturated carbocycles. The Morgan fingerprint density at radius 2 is 1.68 bits per heavy atom. The predicted octanol–water partition coefficient (Wildman–Crippen LogP) is 5.11. The van der Waals surface area contributed by atoms with Crippen LogP contribution in [0.2, 0.25) is 0 Å². The molecule has 0 bridgehead atoms. The Morgan fingerprint density at radius 1 is 0.941 bits per heavy atom. The highest BCUT2D eigenvalue weighted by Crippen LogP contribution is 2.41. The van der Waals surface area contributed by atoms with Crippen molar-refractivity contribution < 1.29 is 13.2 Å². The van der Waals surface area contributed by atoms with E-state index in [9.17, 15) is 13.2 Å². The monoisotopic (exact) mass is 487 g/mol. The Bertz CT molecular complexity index is 1530. The van der Waals surface area contributed by atoms with Crippen molar-refractivity contribution in [1.29, 1.82) is 0 Å². The summed E-state index contributed by atoms with van der Waals surface area (Å²) in [5, 5.41) is 3.41. The van der Waals surface area contributed by atoms with Gasteiger partial charge < -0.3 is 0 Å². The maximum atomic E-state index is 13.3. The SMILES string of the molecule is O=C(Nc1nc2c(s1)Cc1ccccc1-2)c1ccc(S(=O)(=O)N2CCCc3ccccc32)cc1. The lowest BCUT2D eigenvalue weighted by Gasteiger charge is -2.30. The predicted molar refractivity (Wildman–Crippen MR) is 134 cm³/mol. The van der Waals surface area contributed by atoms with Gasteiger partial charge >= 0.3 is 0 Å². The third-order valence-corrected chi connectivity index (χ3v) is 9.11. The number of nitrogens with zero attached hydrogens (tertiary/aromatic N) is 2. The number of hydrogen-bond acceptors (Lipinski definition) is 5. The quantitative estimate of drug-likeness (QED) is 0.382. The van der Waals surface area contributed by atoms with E-state index < -0.39 is 10.0 Å². The highest BCUT2D eigenvalue weighted by Gasteiger charge is 2.29. The number of sulfonamides is 1. The number of fused-ring (bicyclic) bond motifs is 4. The lowest BCUT2D eigenvalue weighted by Crippen LogP contribution is -2.35. The molecule has 170 valence electrons. The second-order valence-electron chi connectivity index (χ2n) is 8.41. The average molecular weight is 488 g/mol. The Labute approximate surface area is 202 Å². The number of aryl methyl sites for hydroxylation is 1. The van der Waals surface area contributed by atoms with E-state index in [1.165, 1.54) is 33.3 Å². The summed E-state index contributed by atoms with van der Waals surface area (Å²) < 4.78 is 28.1. The number of carbonyl (C=O) groups excluding carboxylic acids is 1. The van der Waals surface area contributed by atoms with Crippen LogP contribution in [-0.4, -0.2) is 25.9 Å². The molecular formula is C26H21N3O3S2. The first-order valence-electron chi connectivity index (χ1n) is 11.1. The van der Waals surface area contributed by atoms with Crippen molar-refractivity contribution >= 4 is 38.1 Å². The van der Waals surface area contributed by atoms with Crippen molar-refractivity contribution in [2.75, 3.05) is 16.2 Å². The molecule has 0 radical (unpaired) electrons. The number of aromatic nitrogens is 1. The number of hydrogen-bond donors (Lipinski definition) is 1. The van der Waals surface area contributed by atoms with Gasteiger partial charge in [0.2, 0.25) is 0 Å². The zero-order valence-corrected chi connectivity index (χ0v) is 19.8. The molecule has 0 saturated heterocycles. The first-order valence-corrected chi connectivity index (χ1v) is 13.4. The minimum atomic E-state index is -3.71. The molecule has 1 amide bonds. The topological polar surface area (TPSA) is 79.4 Å². The van der Waals surface area contributed by atoms with Crippen LogP contribution in [0.4, 0.5) is 10.8 Å². The number of amides is 1. The summed E-state index contributed by atoms with van der Waals surface area (Å²) in [7, 11) is -3.71. The number of benzene rings is 3. The summed E-state index contributed by atoms with van der Waals surface area (Å²) in [4.78, 5) is 18.7. The van der Waals surface area contributed by atoms with Crippen LogP contribution in [0.25, 0.3) is 11.3 Å². The number of rotatable bonds is 4. The summed E-state index contributed by atoms with van der Waals surface area (Å²) in [6.07, 6.45) is 2.47. The van der Waals surface area contributed by atoms with Gasteiger partial charge in [-0.2, -0.15) is 0 Å². The third-order valence-electron chi connectivity index (χ3n) is 6.31. The molecule has 8 heteroatoms. The van der Waals surface area contributed by atoms with Crippen LogP contribution in [0.3, 0.4) is 0 Å². The molecule has 3 aromatic carbocycles. The summed E-state index contributed by atoms with van der Waals surface area (Å²) in [6, 6.07) is 21.9. The van der Waals surface area contributed by atoms with Crippen LogP contribution in [-0.2, 0) is 22.9 Å². The van der Waals surface area contributed by atoms with Crippen molar-refractivity contribution in [2.24, 2.45) is 0 Å². The number of anilines is 2. The Balaban J connectivity index is 1.21. The van der Waals surface area contributed by atoms with Crippen LogP contribution < -0.4 is 9.62 Å². The van der Waals surface area contributed by atoms with Gasteiger partial charge in [-0.25, -0.2) is 13.4 Å². The summed E-state index contributed by atoms with van der Waals surface area (Å²) in [6.45, 7) is 0.444. The minimum absolute atomic E-state index is 0.172. The molecule has 4 aromatic rings. The zero-order valence-electron chi connectivity index (χ0n) is 18.2. The molecular weight excluding hydrogens is 466 g/mol. The van der Waals surface area contributed by atoms with Gasteiger partial charge in [0, 0.05) is 29.0 Å². The van der Waals surface area contributed by atoms with Crippen molar-refractivity contribution in [3.63, 3.8) is 0 Å². The standard InChI is InChI=1S/C26H21N3O3S2/c30-25(28-26-27-24-21-9-3-1-7-19(21)16-23(24)33-26)18-11-13-20(14-12-18)34(31,32)29-15-5-8-17-6-2-4-10-22(17)29/h1-4,6-7,9-14H,5,8,15-16H2,(H,27,28,30). The van der Waals surface area contributed by atoms with Crippen LogP contribution in [0, 0.1) is 0 Å². The zero-order chi connectivity index (χ0) is 23.3. The van der Waals surface area contributed by atoms with Gasteiger partial charge in [0.1, 0.15) is 0 Å². The molecule has 0 atom stereocenters. The van der Waals surface area contributed by atoms with E-state index in [4.69, 9.17) is 0 Å². The second-order valence-corrected chi connectivity index (χ2v) is 11.4. The maximum Gasteiger partial charge on any atom is 0.264 e. The summed E-state index contributed by atoms with van der Waals surface area (Å²) in [5.74, 6) is -0.312. The Hall–Kier alpha value is -3.49. The van der Waals surface area contributed by atoms with E-state index in [0.717, 1.165) is 46.6 Å². The van der Waals surface area contributed by atoms with Gasteiger partial charge in [0.05, 0.1) is 16.3 Å². The van der Waals surface area contributed by atoms with E-state index >= 15 is 0 Å². The largest absolute Gasteiger partial charge is 0.298 e. The smallest absolute Gasteiger partial charge is 0.264 e. The lowest BCUT2D eigenvalue weighted by atomic mass is 10.0. The van der Waals surface area contributed by atoms with E-state index in [-0.39, 0.29) is 10.8 Å². The van der Waals surface area contributed by atoms with E-state index in [1.54, 1.807) is 12.1 Å². The summed E-state index contributed by atoms with van der Waals surface area (Å²) in [5.41, 5.74) is 5.44. The fraction of sp³-hybridized carbons (Fsp3) is 0.154. The van der Waals surface area contributed by atoms with Gasteiger partial charge in [0.25, 0.3) is 15.9 Å². The molecule has 1 N–H and O–H groups in total. The molecule has 6 nitrogen and oxygen atoms in total. The fourth-order valence-corrected chi connectivity index (χ4v) is 7.17. The molecule has 1 aromatic heterocycles. The van der Waals surface area contributed by atoms with Crippen molar-refractivity contribution in [3.8, 4) is 11.3 Å². The molecule has 34 heavy (non-hydrogen) atoms. The molecule has 0 unspecified atom stereocenters. The number of thiazole rings is 1. The fourth-order valence-electron chi connectivity index (χ4n) is 4.64. The van der Waals surface area contributed by atoms with Gasteiger partial charge in [-0.1, -0.05) is 42.5 Å². The molecule has 0 spiro atoms. The molecule has 2 aliphatic rings. The van der Waals surface area contributed by atoms with E-state index in [1.807, 2.05) is 42.5 Å².